The van der Waals surface area contributed by atoms with Gasteiger partial charge in [-0.3, -0.25) is 4.72 Å². The molecule has 0 saturated carbocycles. The maximum atomic E-state index is 13.0. The Morgan fingerprint density at radius 1 is 1.33 bits per heavy atom. The molecule has 0 radical (unpaired) electrons. The summed E-state index contributed by atoms with van der Waals surface area (Å²) in [4.78, 5) is 0. The van der Waals surface area contributed by atoms with Gasteiger partial charge in [0.05, 0.1) is 11.4 Å². The summed E-state index contributed by atoms with van der Waals surface area (Å²) >= 11 is 5.24. The van der Waals surface area contributed by atoms with Crippen LogP contribution in [0.5, 0.6) is 0 Å². The van der Waals surface area contributed by atoms with Gasteiger partial charge >= 0.3 is 0 Å². The third-order valence-electron chi connectivity index (χ3n) is 1.56. The number of alkyl halides is 1. The molecule has 1 aromatic carbocycles. The minimum absolute atomic E-state index is 0.119. The molecular weight excluding hydrogens is 248 g/mol. The molecule has 0 amide bonds. The van der Waals surface area contributed by atoms with Crippen molar-refractivity contribution in [3.8, 4) is 0 Å². The van der Waals surface area contributed by atoms with Gasteiger partial charge in [0.2, 0.25) is 10.0 Å². The normalized spacial score (nSPS) is 11.4. The molecule has 0 saturated heterocycles. The maximum absolute atomic E-state index is 13.0. The summed E-state index contributed by atoms with van der Waals surface area (Å²) in [6, 6.07) is 3.23. The molecule has 84 valence electrons. The third kappa shape index (κ3) is 3.32. The highest BCUT2D eigenvalue weighted by atomic mass is 35.5. The van der Waals surface area contributed by atoms with Gasteiger partial charge in [-0.25, -0.2) is 17.2 Å². The van der Waals surface area contributed by atoms with E-state index in [2.05, 4.69) is 0 Å². The molecule has 0 unspecified atom stereocenters. The van der Waals surface area contributed by atoms with Crippen molar-refractivity contribution in [1.82, 2.24) is 0 Å². The highest BCUT2D eigenvalue weighted by molar-refractivity contribution is 7.92. The standard InChI is InChI=1S/C8H8ClF2NO2S/c9-4-5-15(13,14)12-7-3-1-2-6(10)8(7)11/h1-3,12H,4-5H2. The molecular formula is C8H8ClF2NO2S. The number of halogens is 3. The van der Waals surface area contributed by atoms with E-state index in [0.29, 0.717) is 0 Å². The first-order chi connectivity index (χ1) is 6.96. The van der Waals surface area contributed by atoms with Crippen molar-refractivity contribution in [2.24, 2.45) is 0 Å². The van der Waals surface area contributed by atoms with Gasteiger partial charge in [0.15, 0.2) is 11.6 Å². The number of nitrogens with one attached hydrogen (secondary N) is 1. The van der Waals surface area contributed by atoms with Crippen LogP contribution in [0, 0.1) is 11.6 Å². The average Bonchev–Trinajstić information content (AvgIpc) is 2.12. The first-order valence-corrected chi connectivity index (χ1v) is 6.15. The van der Waals surface area contributed by atoms with Gasteiger partial charge in [-0.15, -0.1) is 11.6 Å². The Morgan fingerprint density at radius 3 is 2.60 bits per heavy atom. The van der Waals surface area contributed by atoms with Crippen molar-refractivity contribution in [2.45, 2.75) is 0 Å². The quantitative estimate of drug-likeness (QED) is 0.836. The summed E-state index contributed by atoms with van der Waals surface area (Å²) in [6.45, 7) is 0. The number of hydrogen-bond acceptors (Lipinski definition) is 2. The van der Waals surface area contributed by atoms with Crippen molar-refractivity contribution < 1.29 is 17.2 Å². The maximum Gasteiger partial charge on any atom is 0.233 e. The van der Waals surface area contributed by atoms with Crippen LogP contribution >= 0.6 is 11.6 Å². The zero-order valence-electron chi connectivity index (χ0n) is 7.50. The Labute approximate surface area is 91.1 Å². The fraction of sp³-hybridized carbons (Fsp3) is 0.250. The van der Waals surface area contributed by atoms with E-state index in [4.69, 9.17) is 11.6 Å². The smallest absolute Gasteiger partial charge is 0.233 e. The van der Waals surface area contributed by atoms with Gasteiger partial charge in [-0.2, -0.15) is 0 Å². The predicted molar refractivity (Wildman–Crippen MR) is 54.5 cm³/mol. The molecule has 0 aromatic heterocycles. The molecule has 15 heavy (non-hydrogen) atoms. The molecule has 7 heteroatoms. The van der Waals surface area contributed by atoms with Crippen molar-refractivity contribution in [3.05, 3.63) is 29.8 Å². The first-order valence-electron chi connectivity index (χ1n) is 3.97. The summed E-state index contributed by atoms with van der Waals surface area (Å²) in [5, 5.41) is 0. The van der Waals surface area contributed by atoms with Crippen LogP contribution in [0.1, 0.15) is 0 Å². The summed E-state index contributed by atoms with van der Waals surface area (Å²) in [5.74, 6) is -2.81. The van der Waals surface area contributed by atoms with Crippen LogP contribution in [0.2, 0.25) is 0 Å². The Balaban J connectivity index is 2.95. The lowest BCUT2D eigenvalue weighted by atomic mass is 10.3. The molecule has 0 aliphatic rings. The minimum Gasteiger partial charge on any atom is -0.280 e. The fourth-order valence-corrected chi connectivity index (χ4v) is 2.31. The summed E-state index contributed by atoms with van der Waals surface area (Å²) in [7, 11) is -3.71. The Kier molecular flexibility index (Phi) is 3.87. The molecule has 3 nitrogen and oxygen atoms in total. The van der Waals surface area contributed by atoms with Crippen LogP contribution in [-0.2, 0) is 10.0 Å². The second kappa shape index (κ2) is 4.76. The van der Waals surface area contributed by atoms with E-state index in [9.17, 15) is 17.2 Å². The number of sulfonamides is 1. The number of hydrogen-bond donors (Lipinski definition) is 1. The number of rotatable bonds is 4. The summed E-state index contributed by atoms with van der Waals surface area (Å²) < 4.78 is 50.0. The van der Waals surface area contributed by atoms with Crippen LogP contribution in [0.3, 0.4) is 0 Å². The van der Waals surface area contributed by atoms with Crippen LogP contribution < -0.4 is 4.72 Å². The number of benzene rings is 1. The zero-order valence-corrected chi connectivity index (χ0v) is 9.08. The SMILES string of the molecule is O=S(=O)(CCCl)Nc1cccc(F)c1F. The second-order valence-corrected chi connectivity index (χ2v) is 4.93. The predicted octanol–water partition coefficient (Wildman–Crippen LogP) is 1.95. The average molecular weight is 256 g/mol. The molecule has 0 heterocycles. The highest BCUT2D eigenvalue weighted by Gasteiger charge is 2.14. The minimum atomic E-state index is -3.71. The van der Waals surface area contributed by atoms with Crippen molar-refractivity contribution in [3.63, 3.8) is 0 Å². The molecule has 1 aromatic rings. The number of anilines is 1. The Hall–Kier alpha value is -0.880. The van der Waals surface area contributed by atoms with E-state index in [-0.39, 0.29) is 11.6 Å². The van der Waals surface area contributed by atoms with E-state index in [1.54, 1.807) is 0 Å². The van der Waals surface area contributed by atoms with E-state index >= 15 is 0 Å². The molecule has 0 aliphatic heterocycles. The topological polar surface area (TPSA) is 46.2 Å². The van der Waals surface area contributed by atoms with Gasteiger partial charge in [0.1, 0.15) is 0 Å². The van der Waals surface area contributed by atoms with Crippen molar-refractivity contribution in [1.29, 1.82) is 0 Å². The molecule has 1 N–H and O–H groups in total. The molecule has 0 spiro atoms. The van der Waals surface area contributed by atoms with E-state index in [0.717, 1.165) is 12.1 Å². The van der Waals surface area contributed by atoms with Gasteiger partial charge in [0, 0.05) is 5.88 Å². The summed E-state index contributed by atoms with van der Waals surface area (Å²) in [6.07, 6.45) is 0. The molecule has 1 rings (SSSR count). The van der Waals surface area contributed by atoms with Crippen LogP contribution in [0.4, 0.5) is 14.5 Å². The zero-order chi connectivity index (χ0) is 11.5. The lowest BCUT2D eigenvalue weighted by molar-refractivity contribution is 0.511. The van der Waals surface area contributed by atoms with Gasteiger partial charge in [-0.1, -0.05) is 6.07 Å². The fourth-order valence-electron chi connectivity index (χ4n) is 0.903. The van der Waals surface area contributed by atoms with Gasteiger partial charge in [-0.05, 0) is 12.1 Å². The molecule has 0 fully saturated rings. The van der Waals surface area contributed by atoms with Crippen LogP contribution in [0.25, 0.3) is 0 Å². The Morgan fingerprint density at radius 2 is 2.00 bits per heavy atom. The summed E-state index contributed by atoms with van der Waals surface area (Å²) in [5.41, 5.74) is -0.417. The van der Waals surface area contributed by atoms with E-state index in [1.807, 2.05) is 4.72 Å². The first kappa shape index (κ1) is 12.2. The Bertz CT molecular complexity index is 450. The largest absolute Gasteiger partial charge is 0.280 e. The molecule has 0 bridgehead atoms. The highest BCUT2D eigenvalue weighted by Crippen LogP contribution is 2.17. The second-order valence-electron chi connectivity index (χ2n) is 2.71. The lowest BCUT2D eigenvalue weighted by Crippen LogP contribution is -2.18. The van der Waals surface area contributed by atoms with Crippen LogP contribution in [-0.4, -0.2) is 20.1 Å². The molecule has 0 aliphatic carbocycles. The van der Waals surface area contributed by atoms with Gasteiger partial charge < -0.3 is 0 Å². The monoisotopic (exact) mass is 255 g/mol. The third-order valence-corrected chi connectivity index (χ3v) is 3.25. The van der Waals surface area contributed by atoms with E-state index in [1.165, 1.54) is 6.07 Å². The van der Waals surface area contributed by atoms with Crippen LogP contribution in [0.15, 0.2) is 18.2 Å². The van der Waals surface area contributed by atoms with Crippen molar-refractivity contribution in [2.75, 3.05) is 16.4 Å². The van der Waals surface area contributed by atoms with E-state index < -0.39 is 27.3 Å². The lowest BCUT2D eigenvalue weighted by Gasteiger charge is -2.07. The van der Waals surface area contributed by atoms with Crippen molar-refractivity contribution >= 4 is 27.3 Å². The van der Waals surface area contributed by atoms with Gasteiger partial charge in [0.25, 0.3) is 0 Å². The molecule has 0 atom stereocenters.